The van der Waals surface area contributed by atoms with Crippen LogP contribution in [0.4, 0.5) is 0 Å². The van der Waals surface area contributed by atoms with Crippen molar-refractivity contribution < 1.29 is 23.8 Å². The van der Waals surface area contributed by atoms with Gasteiger partial charge in [-0.05, 0) is 38.5 Å². The number of aromatic nitrogens is 1. The molecule has 0 spiro atoms. The molecule has 3 rings (SSSR count). The Labute approximate surface area is 159 Å². The molecule has 6 heteroatoms. The molecule has 0 bridgehead atoms. The zero-order chi connectivity index (χ0) is 19.4. The highest BCUT2D eigenvalue weighted by atomic mass is 16.6. The number of Topliss-reactive ketones (excluding diaryl/α,β-unsaturated/α-hetero) is 1. The maximum atomic E-state index is 12.4. The van der Waals surface area contributed by atoms with Crippen molar-refractivity contribution in [2.24, 2.45) is 0 Å². The van der Waals surface area contributed by atoms with E-state index in [2.05, 4.69) is 0 Å². The number of hydrogen-bond donors (Lipinski definition) is 0. The standard InChI is InChI=1S/C21H25NO5/c1-4-7-21(24)26-13-18(23)17-10-14(2)22(15(17)3)11-16-12-25-19-8-5-6-9-20(19)27-16/h5-6,8-10,16H,4,7,11-13H2,1-3H3. The van der Waals surface area contributed by atoms with Crippen LogP contribution in [0.3, 0.4) is 0 Å². The van der Waals surface area contributed by atoms with Crippen molar-refractivity contribution in [2.45, 2.75) is 46.3 Å². The molecule has 0 aliphatic carbocycles. The van der Waals surface area contributed by atoms with Gasteiger partial charge in [-0.15, -0.1) is 0 Å². The highest BCUT2D eigenvalue weighted by molar-refractivity contribution is 5.99. The van der Waals surface area contributed by atoms with Gasteiger partial charge in [0.2, 0.25) is 5.78 Å². The number of benzene rings is 1. The van der Waals surface area contributed by atoms with E-state index in [0.29, 0.717) is 31.6 Å². The lowest BCUT2D eigenvalue weighted by molar-refractivity contribution is -0.142. The zero-order valence-corrected chi connectivity index (χ0v) is 16.0. The predicted octanol–water partition coefficient (Wildman–Crippen LogP) is 3.47. The summed E-state index contributed by atoms with van der Waals surface area (Å²) < 4.78 is 18.9. The van der Waals surface area contributed by atoms with Gasteiger partial charge in [-0.1, -0.05) is 19.1 Å². The van der Waals surface area contributed by atoms with Crippen LogP contribution in [0.5, 0.6) is 11.5 Å². The second-order valence-electron chi connectivity index (χ2n) is 6.73. The van der Waals surface area contributed by atoms with E-state index in [1.807, 2.05) is 55.7 Å². The molecule has 1 aromatic carbocycles. The molecular formula is C21H25NO5. The molecule has 1 aliphatic rings. The van der Waals surface area contributed by atoms with Gasteiger partial charge < -0.3 is 18.8 Å². The SMILES string of the molecule is CCCC(=O)OCC(=O)c1cc(C)n(CC2COc3ccccc3O2)c1C. The lowest BCUT2D eigenvalue weighted by Gasteiger charge is -2.27. The number of aryl methyl sites for hydroxylation is 1. The molecule has 1 aliphatic heterocycles. The average molecular weight is 371 g/mol. The van der Waals surface area contributed by atoms with Crippen molar-refractivity contribution in [1.82, 2.24) is 4.57 Å². The van der Waals surface area contributed by atoms with Crippen LogP contribution in [0.1, 0.15) is 41.5 Å². The van der Waals surface area contributed by atoms with Gasteiger partial charge >= 0.3 is 5.97 Å². The van der Waals surface area contributed by atoms with Gasteiger partial charge in [-0.3, -0.25) is 9.59 Å². The molecule has 1 atom stereocenters. The number of ether oxygens (including phenoxy) is 3. The molecule has 1 aromatic heterocycles. The largest absolute Gasteiger partial charge is 0.486 e. The van der Waals surface area contributed by atoms with Crippen molar-refractivity contribution in [3.8, 4) is 11.5 Å². The van der Waals surface area contributed by atoms with Gasteiger partial charge in [-0.25, -0.2) is 0 Å². The second-order valence-corrected chi connectivity index (χ2v) is 6.73. The summed E-state index contributed by atoms with van der Waals surface area (Å²) in [6.07, 6.45) is 0.885. The number of hydrogen-bond acceptors (Lipinski definition) is 5. The fourth-order valence-corrected chi connectivity index (χ4v) is 3.22. The summed E-state index contributed by atoms with van der Waals surface area (Å²) in [5.41, 5.74) is 2.37. The Morgan fingerprint density at radius 1 is 1.22 bits per heavy atom. The van der Waals surface area contributed by atoms with Crippen molar-refractivity contribution in [2.75, 3.05) is 13.2 Å². The van der Waals surface area contributed by atoms with Gasteiger partial charge in [0.15, 0.2) is 24.2 Å². The van der Waals surface area contributed by atoms with E-state index in [0.717, 1.165) is 22.9 Å². The monoisotopic (exact) mass is 371 g/mol. The fraction of sp³-hybridized carbons (Fsp3) is 0.429. The molecular weight excluding hydrogens is 346 g/mol. The Balaban J connectivity index is 1.67. The van der Waals surface area contributed by atoms with Gasteiger partial charge in [0, 0.05) is 23.4 Å². The van der Waals surface area contributed by atoms with Gasteiger partial charge in [0.25, 0.3) is 0 Å². The van der Waals surface area contributed by atoms with Crippen LogP contribution in [0.2, 0.25) is 0 Å². The summed E-state index contributed by atoms with van der Waals surface area (Å²) in [6, 6.07) is 9.43. The number of esters is 1. The minimum atomic E-state index is -0.342. The first kappa shape index (κ1) is 19.0. The number of fused-ring (bicyclic) bond motifs is 1. The number of ketones is 1. The summed E-state index contributed by atoms with van der Waals surface area (Å²) in [4.78, 5) is 23.9. The van der Waals surface area contributed by atoms with Crippen molar-refractivity contribution in [3.05, 3.63) is 47.3 Å². The van der Waals surface area contributed by atoms with E-state index in [1.54, 1.807) is 0 Å². The van der Waals surface area contributed by atoms with E-state index in [9.17, 15) is 9.59 Å². The predicted molar refractivity (Wildman–Crippen MR) is 100 cm³/mol. The number of rotatable bonds is 7. The number of carbonyl (C=O) groups excluding carboxylic acids is 2. The summed E-state index contributed by atoms with van der Waals surface area (Å²) >= 11 is 0. The van der Waals surface area contributed by atoms with E-state index < -0.39 is 0 Å². The van der Waals surface area contributed by atoms with Crippen molar-refractivity contribution in [1.29, 1.82) is 0 Å². The lowest BCUT2D eigenvalue weighted by Crippen LogP contribution is -2.33. The Kier molecular flexibility index (Phi) is 5.84. The highest BCUT2D eigenvalue weighted by Gasteiger charge is 2.24. The molecule has 2 aromatic rings. The Morgan fingerprint density at radius 3 is 2.70 bits per heavy atom. The Hall–Kier alpha value is -2.76. The first-order chi connectivity index (χ1) is 13.0. The number of para-hydroxylation sites is 2. The first-order valence-corrected chi connectivity index (χ1v) is 9.23. The summed E-state index contributed by atoms with van der Waals surface area (Å²) in [7, 11) is 0. The lowest BCUT2D eigenvalue weighted by atomic mass is 10.1. The molecule has 27 heavy (non-hydrogen) atoms. The van der Waals surface area contributed by atoms with Crippen LogP contribution in [-0.4, -0.2) is 35.6 Å². The van der Waals surface area contributed by atoms with Gasteiger partial charge in [0.05, 0.1) is 6.54 Å². The third-order valence-corrected chi connectivity index (χ3v) is 4.65. The van der Waals surface area contributed by atoms with Crippen LogP contribution in [0, 0.1) is 13.8 Å². The van der Waals surface area contributed by atoms with E-state index in [4.69, 9.17) is 14.2 Å². The van der Waals surface area contributed by atoms with E-state index in [-0.39, 0.29) is 24.5 Å². The van der Waals surface area contributed by atoms with Crippen molar-refractivity contribution >= 4 is 11.8 Å². The van der Waals surface area contributed by atoms with Crippen LogP contribution in [-0.2, 0) is 16.1 Å². The molecule has 1 unspecified atom stereocenters. The van der Waals surface area contributed by atoms with E-state index in [1.165, 1.54) is 0 Å². The molecule has 0 amide bonds. The normalized spacial score (nSPS) is 15.4. The third-order valence-electron chi connectivity index (χ3n) is 4.65. The molecule has 0 fully saturated rings. The summed E-state index contributed by atoms with van der Waals surface area (Å²) in [5, 5.41) is 0. The molecule has 0 N–H and O–H groups in total. The highest BCUT2D eigenvalue weighted by Crippen LogP contribution is 2.31. The Morgan fingerprint density at radius 2 is 1.96 bits per heavy atom. The smallest absolute Gasteiger partial charge is 0.306 e. The summed E-state index contributed by atoms with van der Waals surface area (Å²) in [6.45, 7) is 6.54. The molecule has 0 radical (unpaired) electrons. The fourth-order valence-electron chi connectivity index (χ4n) is 3.22. The molecule has 0 saturated carbocycles. The summed E-state index contributed by atoms with van der Waals surface area (Å²) in [5.74, 6) is 0.950. The zero-order valence-electron chi connectivity index (χ0n) is 16.0. The third kappa shape index (κ3) is 4.32. The molecule has 6 nitrogen and oxygen atoms in total. The maximum Gasteiger partial charge on any atom is 0.306 e. The molecule has 2 heterocycles. The maximum absolute atomic E-state index is 12.4. The van der Waals surface area contributed by atoms with Crippen LogP contribution in [0.15, 0.2) is 30.3 Å². The topological polar surface area (TPSA) is 66.8 Å². The molecule has 144 valence electrons. The second kappa shape index (κ2) is 8.29. The number of nitrogens with zero attached hydrogens (tertiary/aromatic N) is 1. The quantitative estimate of drug-likeness (QED) is 0.551. The van der Waals surface area contributed by atoms with Crippen LogP contribution in [0.25, 0.3) is 0 Å². The minimum absolute atomic E-state index is 0.143. The van der Waals surface area contributed by atoms with Gasteiger partial charge in [-0.2, -0.15) is 0 Å². The van der Waals surface area contributed by atoms with Gasteiger partial charge in [0.1, 0.15) is 6.61 Å². The molecule has 0 saturated heterocycles. The van der Waals surface area contributed by atoms with E-state index >= 15 is 0 Å². The van der Waals surface area contributed by atoms with Crippen LogP contribution < -0.4 is 9.47 Å². The number of carbonyl (C=O) groups is 2. The van der Waals surface area contributed by atoms with Crippen molar-refractivity contribution in [3.63, 3.8) is 0 Å². The average Bonchev–Trinajstić information content (AvgIpc) is 2.94. The van der Waals surface area contributed by atoms with Crippen LogP contribution >= 0.6 is 0 Å². The minimum Gasteiger partial charge on any atom is -0.486 e. The first-order valence-electron chi connectivity index (χ1n) is 9.23. The Bertz CT molecular complexity index is 839.